The molecule has 98 valence electrons. The zero-order chi connectivity index (χ0) is 12.9. The summed E-state index contributed by atoms with van der Waals surface area (Å²) in [6.07, 6.45) is 2.76. The van der Waals surface area contributed by atoms with E-state index >= 15 is 0 Å². The number of ether oxygens (including phenoxy) is 1. The standard InChI is InChI=1S/C11H19NO3S2/c1-12-10(5-4-6-17(3,13)14)11-7-9(15-2)8-16-11/h7-8,10,12H,4-6H2,1-3H3. The molecular weight excluding hydrogens is 258 g/mol. The van der Waals surface area contributed by atoms with E-state index in [1.165, 1.54) is 11.1 Å². The van der Waals surface area contributed by atoms with Gasteiger partial charge >= 0.3 is 0 Å². The maximum Gasteiger partial charge on any atom is 0.147 e. The predicted octanol–water partition coefficient (Wildman–Crippen LogP) is 1.84. The van der Waals surface area contributed by atoms with Crippen LogP contribution in [0.3, 0.4) is 0 Å². The van der Waals surface area contributed by atoms with Gasteiger partial charge in [-0.1, -0.05) is 0 Å². The average Bonchev–Trinajstić information content (AvgIpc) is 2.71. The largest absolute Gasteiger partial charge is 0.496 e. The molecule has 0 amide bonds. The molecule has 4 nitrogen and oxygen atoms in total. The summed E-state index contributed by atoms with van der Waals surface area (Å²) in [5, 5.41) is 5.16. The van der Waals surface area contributed by atoms with Gasteiger partial charge < -0.3 is 10.1 Å². The van der Waals surface area contributed by atoms with Crippen LogP contribution in [0.5, 0.6) is 5.75 Å². The minimum atomic E-state index is -2.86. The highest BCUT2D eigenvalue weighted by molar-refractivity contribution is 7.90. The molecule has 1 aromatic rings. The molecule has 1 atom stereocenters. The van der Waals surface area contributed by atoms with Gasteiger partial charge in [-0.3, -0.25) is 0 Å². The van der Waals surface area contributed by atoms with Crippen LogP contribution >= 0.6 is 11.3 Å². The second kappa shape index (κ2) is 6.37. The summed E-state index contributed by atoms with van der Waals surface area (Å²) in [6, 6.07) is 2.19. The van der Waals surface area contributed by atoms with Crippen LogP contribution in [0.15, 0.2) is 11.4 Å². The summed E-state index contributed by atoms with van der Waals surface area (Å²) in [5.41, 5.74) is 0. The van der Waals surface area contributed by atoms with Crippen molar-refractivity contribution in [1.29, 1.82) is 0 Å². The molecule has 1 N–H and O–H groups in total. The molecule has 0 aliphatic heterocycles. The third-order valence-electron chi connectivity index (χ3n) is 2.53. The molecule has 0 saturated heterocycles. The van der Waals surface area contributed by atoms with Crippen molar-refractivity contribution in [2.45, 2.75) is 18.9 Å². The van der Waals surface area contributed by atoms with E-state index in [1.807, 2.05) is 18.5 Å². The van der Waals surface area contributed by atoms with Gasteiger partial charge in [0.15, 0.2) is 0 Å². The van der Waals surface area contributed by atoms with E-state index < -0.39 is 9.84 Å². The number of thiophene rings is 1. The van der Waals surface area contributed by atoms with Gasteiger partial charge in [0.05, 0.1) is 7.11 Å². The summed E-state index contributed by atoms with van der Waals surface area (Å²) >= 11 is 1.63. The Hall–Kier alpha value is -0.590. The number of methoxy groups -OCH3 is 1. The zero-order valence-corrected chi connectivity index (χ0v) is 12.0. The molecule has 0 aromatic carbocycles. The number of nitrogens with one attached hydrogen (secondary N) is 1. The van der Waals surface area contributed by atoms with Crippen LogP contribution in [-0.2, 0) is 9.84 Å². The number of sulfone groups is 1. The predicted molar refractivity (Wildman–Crippen MR) is 71.6 cm³/mol. The molecule has 0 aliphatic rings. The van der Waals surface area contributed by atoms with Gasteiger partial charge in [-0.15, -0.1) is 11.3 Å². The monoisotopic (exact) mass is 277 g/mol. The summed E-state index contributed by atoms with van der Waals surface area (Å²) in [6.45, 7) is 0. The molecule has 1 rings (SSSR count). The second-order valence-corrected chi connectivity index (χ2v) is 7.20. The normalized spacial score (nSPS) is 13.6. The molecule has 1 unspecified atom stereocenters. The van der Waals surface area contributed by atoms with Gasteiger partial charge in [-0.2, -0.15) is 0 Å². The topological polar surface area (TPSA) is 55.4 Å². The third kappa shape index (κ3) is 5.06. The SMILES string of the molecule is CNC(CCCS(C)(=O)=O)c1cc(OC)cs1. The number of rotatable bonds is 7. The second-order valence-electron chi connectivity index (χ2n) is 4.00. The average molecular weight is 277 g/mol. The first-order chi connectivity index (χ1) is 7.96. The van der Waals surface area contributed by atoms with Crippen LogP contribution in [-0.4, -0.2) is 34.6 Å². The Morgan fingerprint density at radius 3 is 2.71 bits per heavy atom. The Labute approximate surface area is 107 Å². The van der Waals surface area contributed by atoms with Crippen molar-refractivity contribution in [3.05, 3.63) is 16.3 Å². The van der Waals surface area contributed by atoms with Gasteiger partial charge in [0.25, 0.3) is 0 Å². The Balaban J connectivity index is 2.54. The van der Waals surface area contributed by atoms with E-state index in [0.29, 0.717) is 6.42 Å². The van der Waals surface area contributed by atoms with Crippen molar-refractivity contribution in [3.8, 4) is 5.75 Å². The summed E-state index contributed by atoms with van der Waals surface area (Å²) in [7, 11) is 0.670. The fourth-order valence-corrected chi connectivity index (χ4v) is 3.29. The number of hydrogen-bond donors (Lipinski definition) is 1. The lowest BCUT2D eigenvalue weighted by molar-refractivity contribution is 0.415. The quantitative estimate of drug-likeness (QED) is 0.826. The van der Waals surface area contributed by atoms with Crippen molar-refractivity contribution >= 4 is 21.2 Å². The van der Waals surface area contributed by atoms with Crippen molar-refractivity contribution < 1.29 is 13.2 Å². The van der Waals surface area contributed by atoms with E-state index in [9.17, 15) is 8.42 Å². The van der Waals surface area contributed by atoms with Gasteiger partial charge in [-0.05, 0) is 26.0 Å². The smallest absolute Gasteiger partial charge is 0.147 e. The highest BCUT2D eigenvalue weighted by atomic mass is 32.2. The van der Waals surface area contributed by atoms with Crippen LogP contribution in [0.25, 0.3) is 0 Å². The maximum atomic E-state index is 11.1. The van der Waals surface area contributed by atoms with Crippen LogP contribution in [0.1, 0.15) is 23.8 Å². The maximum absolute atomic E-state index is 11.1. The Morgan fingerprint density at radius 2 is 2.24 bits per heavy atom. The Morgan fingerprint density at radius 1 is 1.53 bits per heavy atom. The minimum Gasteiger partial charge on any atom is -0.496 e. The van der Waals surface area contributed by atoms with Gasteiger partial charge in [0.1, 0.15) is 15.6 Å². The lowest BCUT2D eigenvalue weighted by atomic mass is 10.1. The molecule has 1 aromatic heterocycles. The van der Waals surface area contributed by atoms with Crippen LogP contribution in [0, 0.1) is 0 Å². The van der Waals surface area contributed by atoms with Crippen molar-refractivity contribution in [1.82, 2.24) is 5.32 Å². The van der Waals surface area contributed by atoms with Gasteiger partial charge in [0, 0.05) is 28.3 Å². The van der Waals surface area contributed by atoms with Crippen molar-refractivity contribution in [2.24, 2.45) is 0 Å². The molecule has 0 saturated carbocycles. The van der Waals surface area contributed by atoms with E-state index in [4.69, 9.17) is 4.74 Å². The fraction of sp³-hybridized carbons (Fsp3) is 0.636. The fourth-order valence-electron chi connectivity index (χ4n) is 1.60. The lowest BCUT2D eigenvalue weighted by Crippen LogP contribution is -2.16. The molecule has 6 heteroatoms. The number of hydrogen-bond acceptors (Lipinski definition) is 5. The lowest BCUT2D eigenvalue weighted by Gasteiger charge is -2.13. The van der Waals surface area contributed by atoms with Crippen LogP contribution in [0.4, 0.5) is 0 Å². The first kappa shape index (κ1) is 14.5. The van der Waals surface area contributed by atoms with Gasteiger partial charge in [0.2, 0.25) is 0 Å². The molecule has 0 bridgehead atoms. The minimum absolute atomic E-state index is 0.200. The molecule has 0 fully saturated rings. The molecule has 0 spiro atoms. The summed E-state index contributed by atoms with van der Waals surface area (Å²) in [5.74, 6) is 1.10. The Kier molecular flexibility index (Phi) is 5.42. The zero-order valence-electron chi connectivity index (χ0n) is 10.4. The molecule has 1 heterocycles. The van der Waals surface area contributed by atoms with E-state index in [1.54, 1.807) is 18.4 Å². The summed E-state index contributed by atoms with van der Waals surface area (Å²) in [4.78, 5) is 1.18. The molecule has 17 heavy (non-hydrogen) atoms. The van der Waals surface area contributed by atoms with Crippen molar-refractivity contribution in [3.63, 3.8) is 0 Å². The van der Waals surface area contributed by atoms with E-state index in [-0.39, 0.29) is 11.8 Å². The van der Waals surface area contributed by atoms with Crippen molar-refractivity contribution in [2.75, 3.05) is 26.2 Å². The molecule has 0 aliphatic carbocycles. The molecule has 0 radical (unpaired) electrons. The van der Waals surface area contributed by atoms with Crippen LogP contribution in [0.2, 0.25) is 0 Å². The summed E-state index contributed by atoms with van der Waals surface area (Å²) < 4.78 is 27.2. The first-order valence-electron chi connectivity index (χ1n) is 5.43. The molecular formula is C11H19NO3S2. The van der Waals surface area contributed by atoms with Gasteiger partial charge in [-0.25, -0.2) is 8.42 Å². The van der Waals surface area contributed by atoms with E-state index in [2.05, 4.69) is 5.32 Å². The first-order valence-corrected chi connectivity index (χ1v) is 8.37. The van der Waals surface area contributed by atoms with E-state index in [0.717, 1.165) is 12.2 Å². The highest BCUT2D eigenvalue weighted by Crippen LogP contribution is 2.29. The third-order valence-corrected chi connectivity index (χ3v) is 4.59. The van der Waals surface area contributed by atoms with Crippen LogP contribution < -0.4 is 10.1 Å². The highest BCUT2D eigenvalue weighted by Gasteiger charge is 2.13. The Bertz CT molecular complexity index is 439.